The van der Waals surface area contributed by atoms with Crippen molar-refractivity contribution in [3.63, 3.8) is 0 Å². The number of hydrogen-bond acceptors (Lipinski definition) is 5. The van der Waals surface area contributed by atoms with Gasteiger partial charge in [-0.15, -0.1) is 0 Å². The molecule has 3 aromatic heterocycles. The van der Waals surface area contributed by atoms with Crippen molar-refractivity contribution in [2.45, 2.75) is 24.9 Å². The molecule has 0 saturated carbocycles. The average molecular weight is 390 g/mol. The van der Waals surface area contributed by atoms with Gasteiger partial charge in [-0.25, -0.2) is 4.98 Å². The number of imidazole rings is 1. The second-order valence-electron chi connectivity index (χ2n) is 6.25. The summed E-state index contributed by atoms with van der Waals surface area (Å²) in [4.78, 5) is 16.9. The lowest BCUT2D eigenvalue weighted by Crippen LogP contribution is -2.24. The summed E-state index contributed by atoms with van der Waals surface area (Å²) < 4.78 is 7.20. The van der Waals surface area contributed by atoms with Crippen molar-refractivity contribution in [1.29, 1.82) is 5.26 Å². The van der Waals surface area contributed by atoms with E-state index in [1.165, 1.54) is 11.8 Å². The molecule has 4 rings (SSSR count). The van der Waals surface area contributed by atoms with Crippen molar-refractivity contribution < 1.29 is 9.21 Å². The van der Waals surface area contributed by atoms with Crippen molar-refractivity contribution in [1.82, 2.24) is 14.7 Å². The quantitative estimate of drug-likeness (QED) is 0.505. The van der Waals surface area contributed by atoms with Crippen molar-refractivity contribution in [3.8, 4) is 6.07 Å². The number of furan rings is 1. The fourth-order valence-corrected chi connectivity index (χ4v) is 4.06. The maximum absolute atomic E-state index is 12.3. The minimum absolute atomic E-state index is 0.0821. The summed E-state index contributed by atoms with van der Waals surface area (Å²) in [6.45, 7) is 2.38. The minimum Gasteiger partial charge on any atom is -0.467 e. The van der Waals surface area contributed by atoms with Crippen molar-refractivity contribution >= 4 is 34.3 Å². The number of nitrogens with zero attached hydrogens (tertiary/aromatic N) is 3. The summed E-state index contributed by atoms with van der Waals surface area (Å²) >= 11 is 1.43. The van der Waals surface area contributed by atoms with Crippen LogP contribution in [0.4, 0.5) is 0 Å². The number of nitriles is 1. The smallest absolute Gasteiger partial charge is 0.230 e. The van der Waals surface area contributed by atoms with Crippen LogP contribution >= 0.6 is 11.8 Å². The molecule has 1 N–H and O–H groups in total. The molecule has 0 aliphatic rings. The van der Waals surface area contributed by atoms with Gasteiger partial charge >= 0.3 is 0 Å². The number of aryl methyl sites for hydroxylation is 1. The zero-order valence-corrected chi connectivity index (χ0v) is 16.1. The third-order valence-corrected chi connectivity index (χ3v) is 5.51. The second kappa shape index (κ2) is 7.79. The summed E-state index contributed by atoms with van der Waals surface area (Å²) in [7, 11) is 0. The van der Waals surface area contributed by atoms with E-state index < -0.39 is 0 Å². The number of fused-ring (bicyclic) bond motifs is 3. The molecule has 0 atom stereocenters. The van der Waals surface area contributed by atoms with Crippen LogP contribution < -0.4 is 5.32 Å². The molecule has 3 heterocycles. The average Bonchev–Trinajstić information content (AvgIpc) is 3.37. The van der Waals surface area contributed by atoms with Gasteiger partial charge in [-0.2, -0.15) is 5.26 Å². The fraction of sp³-hybridized carbons (Fsp3) is 0.190. The van der Waals surface area contributed by atoms with Crippen LogP contribution in [0.15, 0.2) is 58.2 Å². The zero-order chi connectivity index (χ0) is 19.5. The van der Waals surface area contributed by atoms with Gasteiger partial charge in [-0.1, -0.05) is 30.8 Å². The first kappa shape index (κ1) is 18.1. The largest absolute Gasteiger partial charge is 0.467 e. The van der Waals surface area contributed by atoms with Gasteiger partial charge in [-0.05, 0) is 42.3 Å². The molecule has 1 aromatic carbocycles. The number of carbonyl (C=O) groups excluding carboxylic acids is 1. The van der Waals surface area contributed by atoms with Crippen molar-refractivity contribution in [3.05, 3.63) is 65.6 Å². The van der Waals surface area contributed by atoms with Crippen LogP contribution in [0.2, 0.25) is 0 Å². The summed E-state index contributed by atoms with van der Waals surface area (Å²) in [5, 5.41) is 13.4. The van der Waals surface area contributed by atoms with E-state index in [9.17, 15) is 10.1 Å². The number of hydrogen-bond donors (Lipinski definition) is 1. The lowest BCUT2D eigenvalue weighted by Gasteiger charge is -2.11. The fourth-order valence-electron chi connectivity index (χ4n) is 3.14. The number of amides is 1. The van der Waals surface area contributed by atoms with E-state index in [1.807, 2.05) is 47.7 Å². The number of rotatable bonds is 6. The molecule has 1 amide bonds. The van der Waals surface area contributed by atoms with Crippen LogP contribution in [0, 0.1) is 11.3 Å². The first-order chi connectivity index (χ1) is 13.7. The molecule has 0 aliphatic heterocycles. The predicted octanol–water partition coefficient (Wildman–Crippen LogP) is 3.92. The molecule has 7 heteroatoms. The maximum atomic E-state index is 12.3. The zero-order valence-electron chi connectivity index (χ0n) is 15.3. The highest BCUT2D eigenvalue weighted by Crippen LogP contribution is 2.29. The first-order valence-electron chi connectivity index (χ1n) is 8.96. The number of carbonyl (C=O) groups is 1. The Morgan fingerprint density at radius 1 is 1.32 bits per heavy atom. The number of thioether (sulfide) groups is 1. The van der Waals surface area contributed by atoms with Crippen molar-refractivity contribution in [2.24, 2.45) is 0 Å². The van der Waals surface area contributed by atoms with Gasteiger partial charge in [0.2, 0.25) is 5.91 Å². The Kier molecular flexibility index (Phi) is 5.04. The Morgan fingerprint density at radius 2 is 2.18 bits per heavy atom. The van der Waals surface area contributed by atoms with Crippen LogP contribution in [-0.4, -0.2) is 21.0 Å². The maximum Gasteiger partial charge on any atom is 0.230 e. The normalized spacial score (nSPS) is 11.0. The summed E-state index contributed by atoms with van der Waals surface area (Å²) in [6.07, 6.45) is 2.31. The highest BCUT2D eigenvalue weighted by molar-refractivity contribution is 7.99. The third kappa shape index (κ3) is 3.35. The summed E-state index contributed by atoms with van der Waals surface area (Å²) in [6, 6.07) is 15.7. The summed E-state index contributed by atoms with van der Waals surface area (Å²) in [5.74, 6) is 0.895. The van der Waals surface area contributed by atoms with Crippen LogP contribution in [-0.2, 0) is 17.8 Å². The van der Waals surface area contributed by atoms with E-state index >= 15 is 0 Å². The number of para-hydroxylation sites is 2. The van der Waals surface area contributed by atoms with Crippen LogP contribution in [0.3, 0.4) is 0 Å². The highest BCUT2D eigenvalue weighted by Gasteiger charge is 2.17. The number of benzene rings is 1. The molecule has 0 fully saturated rings. The van der Waals surface area contributed by atoms with Crippen LogP contribution in [0.25, 0.3) is 16.7 Å². The van der Waals surface area contributed by atoms with Gasteiger partial charge < -0.3 is 9.73 Å². The molecule has 0 radical (unpaired) electrons. The van der Waals surface area contributed by atoms with Crippen LogP contribution in [0.5, 0.6) is 0 Å². The number of nitrogens with one attached hydrogen (secondary N) is 1. The molecule has 0 saturated heterocycles. The Hall–Kier alpha value is -3.24. The van der Waals surface area contributed by atoms with Gasteiger partial charge in [0.1, 0.15) is 11.8 Å². The van der Waals surface area contributed by atoms with E-state index in [-0.39, 0.29) is 11.7 Å². The van der Waals surface area contributed by atoms with Gasteiger partial charge in [0.05, 0.1) is 40.2 Å². The predicted molar refractivity (Wildman–Crippen MR) is 108 cm³/mol. The summed E-state index contributed by atoms with van der Waals surface area (Å²) in [5.41, 5.74) is 3.92. The Balaban J connectivity index is 1.66. The van der Waals surface area contributed by atoms with E-state index in [1.54, 1.807) is 12.3 Å². The molecular weight excluding hydrogens is 372 g/mol. The Bertz CT molecular complexity index is 1190. The van der Waals surface area contributed by atoms with Gasteiger partial charge in [0.25, 0.3) is 0 Å². The van der Waals surface area contributed by atoms with E-state index in [0.717, 1.165) is 28.0 Å². The first-order valence-corrected chi connectivity index (χ1v) is 9.95. The molecule has 140 valence electrons. The van der Waals surface area contributed by atoms with Gasteiger partial charge in [-0.3, -0.25) is 9.20 Å². The van der Waals surface area contributed by atoms with Gasteiger partial charge in [0.15, 0.2) is 5.65 Å². The number of pyridine rings is 1. The SMILES string of the molecule is CCc1cc(SCC(=O)NCc2ccco2)n2c(nc3ccccc32)c1C#N. The lowest BCUT2D eigenvalue weighted by molar-refractivity contribution is -0.118. The van der Waals surface area contributed by atoms with Crippen LogP contribution in [0.1, 0.15) is 23.8 Å². The molecule has 4 aromatic rings. The molecule has 0 aliphatic carbocycles. The molecule has 6 nitrogen and oxygen atoms in total. The standard InChI is InChI=1S/C21H18N4O2S/c1-2-14-10-20(28-13-19(26)23-12-15-6-5-9-27-15)25-18-8-4-3-7-17(18)24-21(25)16(14)11-22/h3-10H,2,12-13H2,1H3,(H,23,26). The lowest BCUT2D eigenvalue weighted by atomic mass is 10.1. The molecular formula is C21H18N4O2S. The highest BCUT2D eigenvalue weighted by atomic mass is 32.2. The van der Waals surface area contributed by atoms with E-state index in [4.69, 9.17) is 4.42 Å². The molecule has 28 heavy (non-hydrogen) atoms. The number of aromatic nitrogens is 2. The molecule has 0 bridgehead atoms. The monoisotopic (exact) mass is 390 g/mol. The molecule has 0 unspecified atom stereocenters. The van der Waals surface area contributed by atoms with E-state index in [2.05, 4.69) is 16.4 Å². The molecule has 0 spiro atoms. The Labute approximate surface area is 166 Å². The second-order valence-corrected chi connectivity index (χ2v) is 7.25. The van der Waals surface area contributed by atoms with Crippen molar-refractivity contribution in [2.75, 3.05) is 5.75 Å². The minimum atomic E-state index is -0.0821. The third-order valence-electron chi connectivity index (χ3n) is 4.51. The van der Waals surface area contributed by atoms with E-state index in [0.29, 0.717) is 23.5 Å². The van der Waals surface area contributed by atoms with Gasteiger partial charge in [0, 0.05) is 0 Å². The Morgan fingerprint density at radius 3 is 2.93 bits per heavy atom. The topological polar surface area (TPSA) is 83.3 Å².